The number of esters is 1. The number of hydrogen-bond acceptors (Lipinski definition) is 11. The van der Waals surface area contributed by atoms with Crippen LogP contribution in [-0.2, 0) is 21.9 Å². The van der Waals surface area contributed by atoms with Crippen molar-refractivity contribution < 1.29 is 19.1 Å². The van der Waals surface area contributed by atoms with E-state index in [0.29, 0.717) is 14.8 Å². The summed E-state index contributed by atoms with van der Waals surface area (Å²) in [5.74, 6) is -1.09. The Morgan fingerprint density at radius 2 is 1.44 bits per heavy atom. The highest BCUT2D eigenvalue weighted by Crippen LogP contribution is 2.50. The lowest BCUT2D eigenvalue weighted by molar-refractivity contribution is -0.122. The zero-order valence-electron chi connectivity index (χ0n) is 27.8. The molecule has 0 unspecified atom stereocenters. The van der Waals surface area contributed by atoms with Gasteiger partial charge < -0.3 is 14.4 Å². The summed E-state index contributed by atoms with van der Waals surface area (Å²) in [5, 5.41) is 0.934. The first-order chi connectivity index (χ1) is 24.8. The molecule has 0 atom stereocenters. The number of carbonyl (C=O) groups excluding carboxylic acids is 2. The maximum Gasteiger partial charge on any atom is 0.338 e. The molecule has 1 fully saturated rings. The van der Waals surface area contributed by atoms with Gasteiger partial charge in [-0.3, -0.25) is 9.69 Å². The molecule has 0 bridgehead atoms. The molecular weight excluding hydrogens is 851 g/mol. The summed E-state index contributed by atoms with van der Waals surface area (Å²) >= 11 is 44.3. The predicted octanol–water partition coefficient (Wildman–Crippen LogP) is 10.4. The average molecular weight is 885 g/mol. The van der Waals surface area contributed by atoms with E-state index < -0.39 is 13.6 Å². The van der Waals surface area contributed by atoms with E-state index in [1.54, 1.807) is 28.8 Å². The Morgan fingerprint density at radius 1 is 0.788 bits per heavy atom. The number of para-hydroxylation sites is 1. The number of aromatic nitrogens is 3. The van der Waals surface area contributed by atoms with Gasteiger partial charge in [-0.15, -0.1) is 0 Å². The molecule has 0 spiro atoms. The summed E-state index contributed by atoms with van der Waals surface area (Å²) in [6.45, 7) is 3.69. The third-order valence-corrected chi connectivity index (χ3v) is 11.6. The molecular formula is C34H33Cl6N5O4S3. The highest BCUT2D eigenvalue weighted by atomic mass is 35.6. The molecule has 1 amide bonds. The number of hydrogen-bond donors (Lipinski definition) is 0. The Balaban J connectivity index is 1.10. The van der Waals surface area contributed by atoms with Crippen LogP contribution >= 0.6 is 105 Å². The molecule has 1 aromatic heterocycles. The van der Waals surface area contributed by atoms with Crippen molar-refractivity contribution in [2.24, 2.45) is 0 Å². The van der Waals surface area contributed by atoms with Gasteiger partial charge in [0.1, 0.15) is 20.9 Å². The van der Waals surface area contributed by atoms with Gasteiger partial charge in [0.15, 0.2) is 17.5 Å². The van der Waals surface area contributed by atoms with Crippen molar-refractivity contribution in [3.8, 4) is 11.4 Å². The maximum absolute atomic E-state index is 13.6. The minimum absolute atomic E-state index is 0.00197. The van der Waals surface area contributed by atoms with E-state index in [9.17, 15) is 9.59 Å². The molecule has 278 valence electrons. The number of thioether (sulfide) groups is 2. The molecule has 52 heavy (non-hydrogen) atoms. The van der Waals surface area contributed by atoms with Crippen LogP contribution in [0.5, 0.6) is 0 Å². The highest BCUT2D eigenvalue weighted by Gasteiger charge is 2.39. The maximum atomic E-state index is 13.6. The number of ether oxygens (including phenoxy) is 2. The number of halogens is 6. The Hall–Kier alpha value is -1.58. The first kappa shape index (κ1) is 41.6. The lowest BCUT2D eigenvalue weighted by Crippen LogP contribution is -2.32. The van der Waals surface area contributed by atoms with Crippen LogP contribution in [0.3, 0.4) is 0 Å². The summed E-state index contributed by atoms with van der Waals surface area (Å²) in [7, 11) is 0. The van der Waals surface area contributed by atoms with E-state index in [4.69, 9.17) is 91.3 Å². The lowest BCUT2D eigenvalue weighted by Gasteiger charge is -2.21. The molecule has 0 N–H and O–H groups in total. The van der Waals surface area contributed by atoms with E-state index in [1.165, 1.54) is 49.6 Å². The quantitative estimate of drug-likeness (QED) is 0.0480. The number of nitrogens with zero attached hydrogens (tertiary/aromatic N) is 5. The van der Waals surface area contributed by atoms with Crippen molar-refractivity contribution in [3.63, 3.8) is 0 Å². The molecule has 3 aromatic rings. The minimum atomic E-state index is -2.00. The number of benzene rings is 2. The Kier molecular flexibility index (Phi) is 15.1. The Labute approximate surface area is 346 Å². The lowest BCUT2D eigenvalue weighted by atomic mass is 10.1. The van der Waals surface area contributed by atoms with Crippen LogP contribution in [0.2, 0.25) is 0 Å². The molecule has 1 saturated heterocycles. The Bertz CT molecular complexity index is 1770. The molecule has 9 nitrogen and oxygen atoms in total. The van der Waals surface area contributed by atoms with Gasteiger partial charge >= 0.3 is 5.97 Å². The highest BCUT2D eigenvalue weighted by molar-refractivity contribution is 8.27. The van der Waals surface area contributed by atoms with E-state index in [0.717, 1.165) is 35.0 Å². The summed E-state index contributed by atoms with van der Waals surface area (Å²) in [6, 6.07) is 14.4. The van der Waals surface area contributed by atoms with Crippen molar-refractivity contribution in [2.75, 3.05) is 37.8 Å². The third kappa shape index (κ3) is 10.8. The number of rotatable bonds is 15. The number of amides is 1. The van der Waals surface area contributed by atoms with E-state index >= 15 is 0 Å². The summed E-state index contributed by atoms with van der Waals surface area (Å²) < 4.78 is 7.56. The van der Waals surface area contributed by atoms with Crippen LogP contribution in [0.15, 0.2) is 63.4 Å². The topological polar surface area (TPSA) is 97.8 Å². The van der Waals surface area contributed by atoms with Gasteiger partial charge in [0.25, 0.3) is 5.91 Å². The number of alkyl halides is 6. The summed E-state index contributed by atoms with van der Waals surface area (Å²) in [4.78, 5) is 44.2. The largest absolute Gasteiger partial charge is 0.460 e. The molecule has 18 heteroatoms. The molecule has 2 aliphatic heterocycles. The fourth-order valence-electron chi connectivity index (χ4n) is 5.24. The molecule has 5 rings (SSSR count). The summed E-state index contributed by atoms with van der Waals surface area (Å²) in [5.41, 5.74) is 1.84. The smallest absolute Gasteiger partial charge is 0.338 e. The van der Waals surface area contributed by atoms with Crippen LogP contribution in [-0.4, -0.2) is 69.0 Å². The molecule has 2 aromatic carbocycles. The SMILES string of the molecule is CCCCCCCCN1/C(=C2\SC(=S)N(CCOCCOC(=O)c3ccc(-c4nc(C(Cl)(Cl)Cl)nc(C(Cl)(Cl)Cl)n4)cc3)C2=O)Sc2ccccc21. The zero-order valence-corrected chi connectivity index (χ0v) is 34.7. The number of fused-ring (bicyclic) bond motifs is 1. The summed E-state index contributed by atoms with van der Waals surface area (Å²) in [6.07, 6.45) is 7.15. The third-order valence-electron chi connectivity index (χ3n) is 7.83. The van der Waals surface area contributed by atoms with Gasteiger partial charge in [-0.1, -0.05) is 169 Å². The number of anilines is 1. The Morgan fingerprint density at radius 3 is 2.12 bits per heavy atom. The second-order valence-corrected chi connectivity index (χ2v) is 18.8. The molecule has 3 heterocycles. The van der Waals surface area contributed by atoms with Gasteiger partial charge in [-0.25, -0.2) is 19.7 Å². The number of thiocarbonyl (C=S) groups is 1. The van der Waals surface area contributed by atoms with E-state index in [2.05, 4.69) is 38.9 Å². The van der Waals surface area contributed by atoms with Crippen molar-refractivity contribution in [2.45, 2.75) is 57.9 Å². The fraction of sp³-hybridized carbons (Fsp3) is 0.412. The second kappa shape index (κ2) is 18.8. The van der Waals surface area contributed by atoms with Gasteiger partial charge in [0.2, 0.25) is 7.59 Å². The van der Waals surface area contributed by atoms with Crippen LogP contribution < -0.4 is 4.90 Å². The minimum Gasteiger partial charge on any atom is -0.460 e. The first-order valence-corrected chi connectivity index (χ1v) is 20.7. The van der Waals surface area contributed by atoms with Crippen molar-refractivity contribution >= 4 is 127 Å². The van der Waals surface area contributed by atoms with Gasteiger partial charge in [-0.05, 0) is 30.7 Å². The van der Waals surface area contributed by atoms with E-state index in [-0.39, 0.29) is 55.3 Å². The normalized spacial score (nSPS) is 16.2. The van der Waals surface area contributed by atoms with Crippen molar-refractivity contribution in [3.05, 3.63) is 75.7 Å². The van der Waals surface area contributed by atoms with Crippen LogP contribution in [0.1, 0.15) is 67.5 Å². The van der Waals surface area contributed by atoms with Crippen molar-refractivity contribution in [1.82, 2.24) is 19.9 Å². The van der Waals surface area contributed by atoms with Crippen LogP contribution in [0.25, 0.3) is 11.4 Å². The van der Waals surface area contributed by atoms with Crippen LogP contribution in [0.4, 0.5) is 5.69 Å². The zero-order chi connectivity index (χ0) is 37.5. The molecule has 2 aliphatic rings. The molecule has 0 aliphatic carbocycles. The monoisotopic (exact) mass is 881 g/mol. The second-order valence-electron chi connectivity index (χ2n) is 11.6. The predicted molar refractivity (Wildman–Crippen MR) is 217 cm³/mol. The average Bonchev–Trinajstić information content (AvgIpc) is 3.62. The van der Waals surface area contributed by atoms with Gasteiger partial charge in [0.05, 0.1) is 31.0 Å². The van der Waals surface area contributed by atoms with Crippen molar-refractivity contribution in [1.29, 1.82) is 0 Å². The standard InChI is InChI=1S/C34H33Cl6N5O4S3/c1-2-3-4-5-6-9-16-44-23-10-7-8-11-24(23)51-28(44)25-27(46)45(32(50)52-25)17-18-48-19-20-49-29(47)22-14-12-21(13-15-22)26-41-30(33(35,36)37)43-31(42-26)34(38,39)40/h7-8,10-15H,2-6,9,16-20H2,1H3/b28-25+. The van der Waals surface area contributed by atoms with Crippen LogP contribution in [0, 0.1) is 0 Å². The number of carbonyl (C=O) groups is 2. The first-order valence-electron chi connectivity index (χ1n) is 16.4. The van der Waals surface area contributed by atoms with Gasteiger partial charge in [-0.2, -0.15) is 0 Å². The fourth-order valence-corrected chi connectivity index (χ4v) is 8.40. The van der Waals surface area contributed by atoms with Gasteiger partial charge in [0, 0.05) is 17.0 Å². The van der Waals surface area contributed by atoms with E-state index in [1.807, 2.05) is 12.1 Å². The molecule has 0 radical (unpaired) electrons. The molecule has 0 saturated carbocycles. The number of unbranched alkanes of at least 4 members (excludes halogenated alkanes) is 5.